The minimum atomic E-state index is -0.550. The molecule has 1 atom stereocenters. The Bertz CT molecular complexity index is 1420. The highest BCUT2D eigenvalue weighted by molar-refractivity contribution is 7.09. The third-order valence-corrected chi connectivity index (χ3v) is 8.10. The number of thiazole rings is 1. The largest absolute Gasteiger partial charge is 0.489 e. The molecule has 1 fully saturated rings. The van der Waals surface area contributed by atoms with Gasteiger partial charge in [0, 0.05) is 16.9 Å². The van der Waals surface area contributed by atoms with Crippen LogP contribution in [0.5, 0.6) is 5.75 Å². The summed E-state index contributed by atoms with van der Waals surface area (Å²) in [7, 11) is 0. The highest BCUT2D eigenvalue weighted by atomic mass is 32.1. The molecule has 8 heteroatoms. The van der Waals surface area contributed by atoms with Crippen LogP contribution in [-0.2, 0) is 32.1 Å². The molecule has 42 heavy (non-hydrogen) atoms. The predicted molar refractivity (Wildman–Crippen MR) is 165 cm³/mol. The Morgan fingerprint density at radius 1 is 1.02 bits per heavy atom. The summed E-state index contributed by atoms with van der Waals surface area (Å²) >= 11 is 1.43. The number of nitrogens with zero attached hydrogens (tertiary/aromatic N) is 1. The minimum absolute atomic E-state index is 0.196. The van der Waals surface area contributed by atoms with Gasteiger partial charge in [-0.05, 0) is 81.0 Å². The first-order valence-corrected chi connectivity index (χ1v) is 15.3. The monoisotopic (exact) mass is 586 g/mol. The van der Waals surface area contributed by atoms with E-state index in [2.05, 4.69) is 5.32 Å². The van der Waals surface area contributed by atoms with E-state index in [4.69, 9.17) is 14.5 Å². The number of hydrogen-bond donors (Lipinski definition) is 1. The van der Waals surface area contributed by atoms with Crippen molar-refractivity contribution >= 4 is 35.1 Å². The van der Waals surface area contributed by atoms with Crippen LogP contribution in [0.25, 0.3) is 6.08 Å². The van der Waals surface area contributed by atoms with Crippen molar-refractivity contribution in [2.24, 2.45) is 5.92 Å². The van der Waals surface area contributed by atoms with Crippen LogP contribution in [0.2, 0.25) is 0 Å². The van der Waals surface area contributed by atoms with E-state index in [9.17, 15) is 14.4 Å². The molecule has 4 rings (SSSR count). The van der Waals surface area contributed by atoms with E-state index in [1.807, 2.05) is 73.0 Å². The smallest absolute Gasteiger partial charge is 0.333 e. The predicted octanol–water partition coefficient (Wildman–Crippen LogP) is 6.79. The molecule has 0 radical (unpaired) electrons. The maximum absolute atomic E-state index is 13.0. The second kappa shape index (κ2) is 15.3. The highest BCUT2D eigenvalue weighted by Gasteiger charge is 2.30. The molecule has 1 amide bonds. The summed E-state index contributed by atoms with van der Waals surface area (Å²) < 4.78 is 11.0. The summed E-state index contributed by atoms with van der Waals surface area (Å²) in [5.74, 6) is -0.683. The zero-order chi connectivity index (χ0) is 29.9. The summed E-state index contributed by atoms with van der Waals surface area (Å²) in [6, 6.07) is 17.3. The Morgan fingerprint density at radius 2 is 1.74 bits per heavy atom. The molecule has 7 nitrogen and oxygen atoms in total. The van der Waals surface area contributed by atoms with Crippen LogP contribution in [0, 0.1) is 5.92 Å². The zero-order valence-electron chi connectivity index (χ0n) is 24.4. The van der Waals surface area contributed by atoms with E-state index >= 15 is 0 Å². The molecule has 0 spiro atoms. The Morgan fingerprint density at radius 3 is 2.43 bits per heavy atom. The number of carbonyl (C=O) groups is 3. The Labute approximate surface area is 251 Å². The molecule has 1 heterocycles. The summed E-state index contributed by atoms with van der Waals surface area (Å²) in [5, 5.41) is 5.60. The molecule has 3 aromatic rings. The molecular weight excluding hydrogens is 548 g/mol. The van der Waals surface area contributed by atoms with E-state index in [1.165, 1.54) is 11.3 Å². The number of aromatic nitrogens is 1. The molecule has 220 valence electrons. The fourth-order valence-electron chi connectivity index (χ4n) is 4.95. The first kappa shape index (κ1) is 30.9. The van der Waals surface area contributed by atoms with E-state index < -0.39 is 11.9 Å². The Balaban J connectivity index is 1.49. The van der Waals surface area contributed by atoms with Gasteiger partial charge in [-0.15, -0.1) is 11.3 Å². The second-order valence-electron chi connectivity index (χ2n) is 10.5. The number of amides is 1. The van der Waals surface area contributed by atoms with Crippen LogP contribution in [0.1, 0.15) is 74.3 Å². The van der Waals surface area contributed by atoms with Crippen molar-refractivity contribution in [3.8, 4) is 5.75 Å². The van der Waals surface area contributed by atoms with Gasteiger partial charge in [0.25, 0.3) is 5.91 Å². The fourth-order valence-corrected chi connectivity index (χ4v) is 5.78. The maximum atomic E-state index is 13.0. The second-order valence-corrected chi connectivity index (χ2v) is 11.4. The molecule has 0 unspecified atom stereocenters. The number of benzene rings is 2. The molecule has 0 aliphatic heterocycles. The topological polar surface area (TPSA) is 94.6 Å². The van der Waals surface area contributed by atoms with Crippen molar-refractivity contribution in [3.05, 3.63) is 99.0 Å². The van der Waals surface area contributed by atoms with Crippen LogP contribution >= 0.6 is 11.3 Å². The van der Waals surface area contributed by atoms with Gasteiger partial charge in [-0.1, -0.05) is 55.3 Å². The molecular formula is C34H38N2O5S. The number of carbonyl (C=O) groups excluding carboxylic acids is 3. The standard InChI is InChI=1S/C34H38N2O5S/c1-4-40-34(39)24(3)18-23(2)19-28-22-42-33(35-28)30(36-32(38)31(37)27-12-8-9-13-27)20-25-14-16-29(17-15-25)41-21-26-10-6-5-7-11-26/h5-7,10-11,14-19,22,27,30H,4,8-9,12-13,20-21H2,1-3H3,(H,36,38)/b23-19+,24-18-/t30-/m0/s1. The zero-order valence-corrected chi connectivity index (χ0v) is 25.2. The molecule has 1 aliphatic rings. The number of ether oxygens (including phenoxy) is 2. The third kappa shape index (κ3) is 8.98. The van der Waals surface area contributed by atoms with Crippen molar-refractivity contribution < 1.29 is 23.9 Å². The lowest BCUT2D eigenvalue weighted by Crippen LogP contribution is -2.38. The number of Topliss-reactive ketones (excluding diaryl/α,β-unsaturated/α-hetero) is 1. The average Bonchev–Trinajstić information content (AvgIpc) is 3.69. The van der Waals surface area contributed by atoms with E-state index in [0.29, 0.717) is 35.9 Å². The van der Waals surface area contributed by atoms with E-state index in [1.54, 1.807) is 19.9 Å². The Hall–Kier alpha value is -4.04. The van der Waals surface area contributed by atoms with Crippen LogP contribution in [0.15, 0.2) is 77.2 Å². The highest BCUT2D eigenvalue weighted by Crippen LogP contribution is 2.28. The molecule has 1 N–H and O–H groups in total. The normalized spacial score (nSPS) is 14.8. The lowest BCUT2D eigenvalue weighted by Gasteiger charge is -2.18. The minimum Gasteiger partial charge on any atom is -0.489 e. The lowest BCUT2D eigenvalue weighted by molar-refractivity contribution is -0.140. The fraction of sp³-hybridized carbons (Fsp3) is 0.353. The summed E-state index contributed by atoms with van der Waals surface area (Å²) in [5.41, 5.74) is 4.14. The van der Waals surface area contributed by atoms with Crippen LogP contribution < -0.4 is 10.1 Å². The van der Waals surface area contributed by atoms with Gasteiger partial charge < -0.3 is 14.8 Å². The van der Waals surface area contributed by atoms with Crippen LogP contribution in [0.3, 0.4) is 0 Å². The van der Waals surface area contributed by atoms with Gasteiger partial charge in [-0.2, -0.15) is 0 Å². The number of hydrogen-bond acceptors (Lipinski definition) is 7. The van der Waals surface area contributed by atoms with Crippen molar-refractivity contribution in [2.75, 3.05) is 6.61 Å². The first-order chi connectivity index (χ1) is 20.3. The van der Waals surface area contributed by atoms with Gasteiger partial charge in [0.2, 0.25) is 5.78 Å². The van der Waals surface area contributed by atoms with Crippen molar-refractivity contribution in [1.29, 1.82) is 0 Å². The summed E-state index contributed by atoms with van der Waals surface area (Å²) in [6.07, 6.45) is 7.62. The van der Waals surface area contributed by atoms with Gasteiger partial charge in [0.15, 0.2) is 0 Å². The number of rotatable bonds is 13. The SMILES string of the molecule is CCOC(=O)/C(C)=C\C(C)=C\c1csc([C@H](Cc2ccc(OCc3ccccc3)cc2)NC(=O)C(=O)C2CCCC2)n1. The van der Waals surface area contributed by atoms with Gasteiger partial charge in [-0.3, -0.25) is 9.59 Å². The molecule has 1 aliphatic carbocycles. The Kier molecular flexibility index (Phi) is 11.2. The lowest BCUT2D eigenvalue weighted by atomic mass is 10.0. The maximum Gasteiger partial charge on any atom is 0.333 e. The molecule has 2 aromatic carbocycles. The number of ketones is 1. The third-order valence-electron chi connectivity index (χ3n) is 7.12. The van der Waals surface area contributed by atoms with Gasteiger partial charge in [0.05, 0.1) is 18.3 Å². The van der Waals surface area contributed by atoms with Crippen LogP contribution in [0.4, 0.5) is 0 Å². The van der Waals surface area contributed by atoms with Crippen molar-refractivity contribution in [1.82, 2.24) is 10.3 Å². The van der Waals surface area contributed by atoms with Gasteiger partial charge in [-0.25, -0.2) is 9.78 Å². The summed E-state index contributed by atoms with van der Waals surface area (Å²) in [6.45, 7) is 6.18. The van der Waals surface area contributed by atoms with Gasteiger partial charge in [0.1, 0.15) is 17.4 Å². The van der Waals surface area contributed by atoms with Gasteiger partial charge >= 0.3 is 5.97 Å². The van der Waals surface area contributed by atoms with E-state index in [0.717, 1.165) is 48.1 Å². The number of nitrogens with one attached hydrogen (secondary N) is 1. The van der Waals surface area contributed by atoms with Crippen molar-refractivity contribution in [2.45, 2.75) is 65.5 Å². The van der Waals surface area contributed by atoms with E-state index in [-0.39, 0.29) is 17.7 Å². The average molecular weight is 587 g/mol. The van der Waals surface area contributed by atoms with Crippen LogP contribution in [-0.4, -0.2) is 29.3 Å². The van der Waals surface area contributed by atoms with Crippen molar-refractivity contribution in [3.63, 3.8) is 0 Å². The molecule has 0 bridgehead atoms. The molecule has 1 saturated carbocycles. The first-order valence-electron chi connectivity index (χ1n) is 14.4. The molecule has 0 saturated heterocycles. The quantitative estimate of drug-likeness (QED) is 0.103. The number of allylic oxidation sites excluding steroid dienone is 2. The summed E-state index contributed by atoms with van der Waals surface area (Å²) in [4.78, 5) is 42.6. The molecule has 1 aromatic heterocycles. The number of esters is 1.